The van der Waals surface area contributed by atoms with Crippen LogP contribution in [0.5, 0.6) is 0 Å². The zero-order valence-corrected chi connectivity index (χ0v) is 19.1. The molecule has 0 radical (unpaired) electrons. The van der Waals surface area contributed by atoms with Crippen LogP contribution in [0.1, 0.15) is 28.8 Å². The standard InChI is InChI=1S/C28H24N6O/c35-28(32-23-10-11-23)22-8-6-21(7-9-22)25-17-31-27-26(30-16-19-4-2-1-3-5-19)33-24(18-34(25)27)20-12-14-29-15-13-20/h1-9,12-15,17-18,23H,10-11,16H2,(H,30,33)(H,32,35). The summed E-state index contributed by atoms with van der Waals surface area (Å²) in [5, 5.41) is 6.50. The third kappa shape index (κ3) is 4.48. The van der Waals surface area contributed by atoms with E-state index in [2.05, 4.69) is 32.2 Å². The van der Waals surface area contributed by atoms with Crippen molar-refractivity contribution in [3.05, 3.63) is 103 Å². The summed E-state index contributed by atoms with van der Waals surface area (Å²) in [6.07, 6.45) is 9.51. The van der Waals surface area contributed by atoms with Crippen molar-refractivity contribution in [3.63, 3.8) is 0 Å². The maximum absolute atomic E-state index is 12.4. The van der Waals surface area contributed by atoms with Gasteiger partial charge in [-0.15, -0.1) is 0 Å². The first-order valence-corrected chi connectivity index (χ1v) is 11.7. The molecule has 0 aliphatic heterocycles. The molecule has 6 rings (SSSR count). The van der Waals surface area contributed by atoms with E-state index in [1.165, 1.54) is 0 Å². The second kappa shape index (κ2) is 9.02. The van der Waals surface area contributed by atoms with Crippen LogP contribution in [0.3, 0.4) is 0 Å². The van der Waals surface area contributed by atoms with E-state index < -0.39 is 0 Å². The fraction of sp³-hybridized carbons (Fsp3) is 0.143. The van der Waals surface area contributed by atoms with Crippen molar-refractivity contribution in [3.8, 4) is 22.5 Å². The van der Waals surface area contributed by atoms with E-state index in [0.717, 1.165) is 46.6 Å². The van der Waals surface area contributed by atoms with Gasteiger partial charge in [0.1, 0.15) is 0 Å². The van der Waals surface area contributed by atoms with Gasteiger partial charge in [0, 0.05) is 47.9 Å². The molecule has 2 N–H and O–H groups in total. The average molecular weight is 461 g/mol. The third-order valence-electron chi connectivity index (χ3n) is 6.13. The Morgan fingerprint density at radius 3 is 2.46 bits per heavy atom. The molecule has 2 aromatic carbocycles. The number of rotatable bonds is 7. The normalized spacial score (nSPS) is 13.0. The van der Waals surface area contributed by atoms with Gasteiger partial charge in [0.25, 0.3) is 5.91 Å². The Labute approximate surface area is 202 Å². The van der Waals surface area contributed by atoms with Gasteiger partial charge < -0.3 is 10.6 Å². The van der Waals surface area contributed by atoms with Crippen molar-refractivity contribution in [1.82, 2.24) is 24.7 Å². The Bertz CT molecular complexity index is 1480. The molecule has 7 heteroatoms. The Hall–Kier alpha value is -4.52. The van der Waals surface area contributed by atoms with E-state index in [0.29, 0.717) is 24.0 Å². The predicted molar refractivity (Wildman–Crippen MR) is 136 cm³/mol. The third-order valence-corrected chi connectivity index (χ3v) is 6.13. The van der Waals surface area contributed by atoms with Crippen LogP contribution in [-0.2, 0) is 6.54 Å². The number of hydrogen-bond donors (Lipinski definition) is 2. The molecule has 0 bridgehead atoms. The molecule has 1 saturated carbocycles. The number of hydrogen-bond acceptors (Lipinski definition) is 5. The molecule has 7 nitrogen and oxygen atoms in total. The SMILES string of the molecule is O=C(NC1CC1)c1ccc(-c2cnc3c(NCc4ccccc4)nc(-c4ccncc4)cn23)cc1. The second-order valence-corrected chi connectivity index (χ2v) is 8.71. The Balaban J connectivity index is 1.38. The maximum Gasteiger partial charge on any atom is 0.251 e. The molecule has 35 heavy (non-hydrogen) atoms. The van der Waals surface area contributed by atoms with Crippen molar-refractivity contribution in [2.75, 3.05) is 5.32 Å². The predicted octanol–water partition coefficient (Wildman–Crippen LogP) is 4.96. The maximum atomic E-state index is 12.4. The van der Waals surface area contributed by atoms with Gasteiger partial charge in [-0.25, -0.2) is 9.97 Å². The number of pyridine rings is 1. The highest BCUT2D eigenvalue weighted by Crippen LogP contribution is 2.28. The van der Waals surface area contributed by atoms with Gasteiger partial charge in [-0.3, -0.25) is 14.2 Å². The van der Waals surface area contributed by atoms with Gasteiger partial charge in [0.05, 0.1) is 17.6 Å². The molecule has 0 saturated heterocycles. The summed E-state index contributed by atoms with van der Waals surface area (Å²) in [7, 11) is 0. The van der Waals surface area contributed by atoms with Crippen LogP contribution in [0.2, 0.25) is 0 Å². The molecule has 0 atom stereocenters. The first-order chi connectivity index (χ1) is 17.2. The number of carbonyl (C=O) groups excluding carboxylic acids is 1. The lowest BCUT2D eigenvalue weighted by molar-refractivity contribution is 0.0951. The molecule has 5 aromatic rings. The zero-order valence-electron chi connectivity index (χ0n) is 19.1. The van der Waals surface area contributed by atoms with E-state index >= 15 is 0 Å². The highest BCUT2D eigenvalue weighted by Gasteiger charge is 2.23. The Morgan fingerprint density at radius 2 is 1.71 bits per heavy atom. The topological polar surface area (TPSA) is 84.2 Å². The van der Waals surface area contributed by atoms with Crippen LogP contribution >= 0.6 is 0 Å². The fourth-order valence-electron chi connectivity index (χ4n) is 4.05. The molecule has 1 fully saturated rings. The number of benzene rings is 2. The molecule has 1 amide bonds. The number of imidazole rings is 1. The highest BCUT2D eigenvalue weighted by molar-refractivity contribution is 5.95. The molecule has 172 valence electrons. The van der Waals surface area contributed by atoms with Crippen molar-refractivity contribution in [2.45, 2.75) is 25.4 Å². The van der Waals surface area contributed by atoms with Gasteiger partial charge in [-0.2, -0.15) is 0 Å². The summed E-state index contributed by atoms with van der Waals surface area (Å²) in [5.41, 5.74) is 6.25. The molecular weight excluding hydrogens is 436 g/mol. The van der Waals surface area contributed by atoms with Crippen molar-refractivity contribution in [1.29, 1.82) is 0 Å². The summed E-state index contributed by atoms with van der Waals surface area (Å²) in [6, 6.07) is 22.1. The van der Waals surface area contributed by atoms with Crippen LogP contribution in [-0.4, -0.2) is 31.3 Å². The van der Waals surface area contributed by atoms with Gasteiger partial charge in [-0.1, -0.05) is 42.5 Å². The van der Waals surface area contributed by atoms with Gasteiger partial charge in [-0.05, 0) is 42.7 Å². The summed E-state index contributed by atoms with van der Waals surface area (Å²) in [6.45, 7) is 0.635. The number of amides is 1. The van der Waals surface area contributed by atoms with Crippen molar-refractivity contribution < 1.29 is 4.79 Å². The summed E-state index contributed by atoms with van der Waals surface area (Å²) in [4.78, 5) is 26.1. The fourth-order valence-corrected chi connectivity index (χ4v) is 4.05. The van der Waals surface area contributed by atoms with Crippen LogP contribution in [0.4, 0.5) is 5.82 Å². The first-order valence-electron chi connectivity index (χ1n) is 11.7. The summed E-state index contributed by atoms with van der Waals surface area (Å²) < 4.78 is 2.05. The average Bonchev–Trinajstić information content (AvgIpc) is 3.63. The minimum atomic E-state index is -0.0197. The number of nitrogens with one attached hydrogen (secondary N) is 2. The molecular formula is C28H24N6O. The Morgan fingerprint density at radius 1 is 0.943 bits per heavy atom. The van der Waals surface area contributed by atoms with E-state index in [-0.39, 0.29) is 5.91 Å². The van der Waals surface area contributed by atoms with E-state index in [9.17, 15) is 4.79 Å². The number of aromatic nitrogens is 4. The number of fused-ring (bicyclic) bond motifs is 1. The molecule has 3 aromatic heterocycles. The van der Waals surface area contributed by atoms with E-state index in [1.54, 1.807) is 12.4 Å². The van der Waals surface area contributed by atoms with Crippen molar-refractivity contribution in [2.24, 2.45) is 0 Å². The van der Waals surface area contributed by atoms with E-state index in [4.69, 9.17) is 9.97 Å². The Kier molecular flexibility index (Phi) is 5.42. The van der Waals surface area contributed by atoms with E-state index in [1.807, 2.05) is 67.0 Å². The second-order valence-electron chi connectivity index (χ2n) is 8.71. The van der Waals surface area contributed by atoms with Gasteiger partial charge in [0.15, 0.2) is 11.5 Å². The molecule has 1 aliphatic rings. The lowest BCUT2D eigenvalue weighted by atomic mass is 10.1. The lowest BCUT2D eigenvalue weighted by Crippen LogP contribution is -2.25. The van der Waals surface area contributed by atoms with Gasteiger partial charge >= 0.3 is 0 Å². The monoisotopic (exact) mass is 460 g/mol. The number of carbonyl (C=O) groups is 1. The first kappa shape index (κ1) is 21.0. The number of anilines is 1. The smallest absolute Gasteiger partial charge is 0.251 e. The quantitative estimate of drug-likeness (QED) is 0.359. The summed E-state index contributed by atoms with van der Waals surface area (Å²) >= 11 is 0. The van der Waals surface area contributed by atoms with Crippen LogP contribution in [0.25, 0.3) is 28.2 Å². The largest absolute Gasteiger partial charge is 0.363 e. The molecule has 0 unspecified atom stereocenters. The minimum Gasteiger partial charge on any atom is -0.363 e. The minimum absolute atomic E-state index is 0.0197. The van der Waals surface area contributed by atoms with Gasteiger partial charge in [0.2, 0.25) is 0 Å². The van der Waals surface area contributed by atoms with Crippen LogP contribution in [0, 0.1) is 0 Å². The lowest BCUT2D eigenvalue weighted by Gasteiger charge is -2.12. The number of nitrogens with zero attached hydrogens (tertiary/aromatic N) is 4. The highest BCUT2D eigenvalue weighted by atomic mass is 16.1. The van der Waals surface area contributed by atoms with Crippen molar-refractivity contribution >= 4 is 17.4 Å². The molecule has 3 heterocycles. The van der Waals surface area contributed by atoms with Crippen LogP contribution < -0.4 is 10.6 Å². The summed E-state index contributed by atoms with van der Waals surface area (Å²) in [5.74, 6) is 0.684. The van der Waals surface area contributed by atoms with Crippen LogP contribution in [0.15, 0.2) is 91.5 Å². The zero-order chi connectivity index (χ0) is 23.6. The molecule has 1 aliphatic carbocycles. The molecule has 0 spiro atoms.